The predicted molar refractivity (Wildman–Crippen MR) is 121 cm³/mol. The second-order valence-electron chi connectivity index (χ2n) is 6.75. The van der Waals surface area contributed by atoms with Crippen molar-refractivity contribution in [3.8, 4) is 0 Å². The van der Waals surface area contributed by atoms with Gasteiger partial charge in [0.15, 0.2) is 6.61 Å². The van der Waals surface area contributed by atoms with Crippen molar-refractivity contribution >= 4 is 39.2 Å². The van der Waals surface area contributed by atoms with Gasteiger partial charge in [0, 0.05) is 6.04 Å². The lowest BCUT2D eigenvalue weighted by Gasteiger charge is -2.23. The number of nitrogens with zero attached hydrogens (tertiary/aromatic N) is 1. The van der Waals surface area contributed by atoms with Gasteiger partial charge in [-0.05, 0) is 43.7 Å². The molecule has 9 heteroatoms. The number of carbonyl (C=O) groups is 2. The third kappa shape index (κ3) is 6.32. The van der Waals surface area contributed by atoms with E-state index in [1.807, 2.05) is 13.8 Å². The van der Waals surface area contributed by atoms with Crippen LogP contribution in [0.25, 0.3) is 0 Å². The first kappa shape index (κ1) is 24.4. The zero-order valence-corrected chi connectivity index (χ0v) is 18.9. The van der Waals surface area contributed by atoms with Crippen LogP contribution in [0.3, 0.4) is 0 Å². The third-order valence-electron chi connectivity index (χ3n) is 4.44. The Morgan fingerprint density at radius 2 is 1.90 bits per heavy atom. The molecule has 7 nitrogen and oxygen atoms in total. The highest BCUT2D eigenvalue weighted by Crippen LogP contribution is 2.27. The molecule has 0 bridgehead atoms. The van der Waals surface area contributed by atoms with E-state index in [0.717, 1.165) is 16.8 Å². The molecule has 0 aliphatic rings. The number of rotatable bonds is 10. The Morgan fingerprint density at radius 1 is 1.23 bits per heavy atom. The first-order chi connectivity index (χ1) is 14.7. The van der Waals surface area contributed by atoms with Crippen molar-refractivity contribution in [1.82, 2.24) is 5.32 Å². The lowest BCUT2D eigenvalue weighted by Crippen LogP contribution is -2.35. The van der Waals surface area contributed by atoms with E-state index in [-0.39, 0.29) is 28.1 Å². The average Bonchev–Trinajstić information content (AvgIpc) is 2.76. The highest BCUT2D eigenvalue weighted by molar-refractivity contribution is 7.92. The smallest absolute Gasteiger partial charge is 0.340 e. The maximum absolute atomic E-state index is 13.2. The van der Waals surface area contributed by atoms with Crippen molar-refractivity contribution in [2.75, 3.05) is 17.5 Å². The minimum absolute atomic E-state index is 0.0151. The summed E-state index contributed by atoms with van der Waals surface area (Å²) in [6, 6.07) is 12.2. The molecule has 0 aliphatic heterocycles. The quantitative estimate of drug-likeness (QED) is 0.426. The van der Waals surface area contributed by atoms with Gasteiger partial charge in [-0.15, -0.1) is 6.58 Å². The van der Waals surface area contributed by atoms with E-state index in [1.54, 1.807) is 30.3 Å². The van der Waals surface area contributed by atoms with Crippen LogP contribution < -0.4 is 9.62 Å². The Bertz CT molecular complexity index is 1040. The molecule has 0 aliphatic carbocycles. The van der Waals surface area contributed by atoms with Crippen LogP contribution in [0.4, 0.5) is 5.69 Å². The molecule has 2 aromatic carbocycles. The minimum Gasteiger partial charge on any atom is -0.452 e. The van der Waals surface area contributed by atoms with Gasteiger partial charge >= 0.3 is 5.97 Å². The number of halogens is 1. The number of esters is 1. The van der Waals surface area contributed by atoms with Gasteiger partial charge < -0.3 is 10.1 Å². The van der Waals surface area contributed by atoms with E-state index in [1.165, 1.54) is 18.2 Å². The van der Waals surface area contributed by atoms with E-state index in [0.29, 0.717) is 5.69 Å². The standard InChI is InChI=1S/C22H25ClN2O5S/c1-4-13-25(17-9-7-6-8-10-17)31(28,29)18-11-12-20(23)19(14-18)22(27)30-15-21(26)24-16(3)5-2/h4,6-12,14,16H,1,5,13,15H2,2-3H3,(H,24,26). The van der Waals surface area contributed by atoms with Gasteiger partial charge in [0.1, 0.15) is 0 Å². The molecule has 0 heterocycles. The van der Waals surface area contributed by atoms with Gasteiger partial charge in [-0.2, -0.15) is 0 Å². The van der Waals surface area contributed by atoms with Crippen molar-refractivity contribution in [1.29, 1.82) is 0 Å². The highest BCUT2D eigenvalue weighted by Gasteiger charge is 2.26. The van der Waals surface area contributed by atoms with Gasteiger partial charge in [-0.1, -0.05) is 42.8 Å². The van der Waals surface area contributed by atoms with Crippen LogP contribution in [-0.2, 0) is 19.6 Å². The Morgan fingerprint density at radius 3 is 2.52 bits per heavy atom. The van der Waals surface area contributed by atoms with Crippen LogP contribution >= 0.6 is 11.6 Å². The third-order valence-corrected chi connectivity index (χ3v) is 6.56. The maximum Gasteiger partial charge on any atom is 0.340 e. The lowest BCUT2D eigenvalue weighted by molar-refractivity contribution is -0.124. The van der Waals surface area contributed by atoms with Crippen molar-refractivity contribution in [2.45, 2.75) is 31.2 Å². The summed E-state index contributed by atoms with van der Waals surface area (Å²) >= 11 is 6.10. The molecule has 0 saturated heterocycles. The summed E-state index contributed by atoms with van der Waals surface area (Å²) in [7, 11) is -4.02. The summed E-state index contributed by atoms with van der Waals surface area (Å²) in [5.41, 5.74) is 0.300. The van der Waals surface area contributed by atoms with Crippen LogP contribution in [0, 0.1) is 0 Å². The molecular weight excluding hydrogens is 440 g/mol. The van der Waals surface area contributed by atoms with Crippen molar-refractivity contribution in [3.05, 3.63) is 71.8 Å². The van der Waals surface area contributed by atoms with Crippen LogP contribution in [0.2, 0.25) is 5.02 Å². The molecule has 0 fully saturated rings. The first-order valence-corrected chi connectivity index (χ1v) is 11.5. The minimum atomic E-state index is -4.02. The summed E-state index contributed by atoms with van der Waals surface area (Å²) in [5, 5.41) is 2.69. The molecule has 0 saturated carbocycles. The molecule has 0 spiro atoms. The molecule has 2 rings (SSSR count). The summed E-state index contributed by atoms with van der Waals surface area (Å²) in [5.74, 6) is -1.35. The molecule has 1 N–H and O–H groups in total. The van der Waals surface area contributed by atoms with Gasteiger partial charge in [0.25, 0.3) is 15.9 Å². The van der Waals surface area contributed by atoms with E-state index in [9.17, 15) is 18.0 Å². The maximum atomic E-state index is 13.2. The fourth-order valence-electron chi connectivity index (χ4n) is 2.63. The number of sulfonamides is 1. The topological polar surface area (TPSA) is 92.8 Å². The number of hydrogen-bond acceptors (Lipinski definition) is 5. The molecule has 0 radical (unpaired) electrons. The van der Waals surface area contributed by atoms with Crippen LogP contribution in [0.1, 0.15) is 30.6 Å². The number of nitrogens with one attached hydrogen (secondary N) is 1. The number of para-hydroxylation sites is 1. The predicted octanol–water partition coefficient (Wildman–Crippen LogP) is 3.79. The molecule has 1 amide bonds. The number of carbonyl (C=O) groups excluding carboxylic acids is 2. The Hall–Kier alpha value is -2.84. The number of amides is 1. The lowest BCUT2D eigenvalue weighted by atomic mass is 10.2. The zero-order valence-electron chi connectivity index (χ0n) is 17.4. The largest absolute Gasteiger partial charge is 0.452 e. The van der Waals surface area contributed by atoms with E-state index >= 15 is 0 Å². The number of benzene rings is 2. The van der Waals surface area contributed by atoms with Crippen molar-refractivity contribution in [3.63, 3.8) is 0 Å². The fraction of sp³-hybridized carbons (Fsp3) is 0.273. The molecule has 166 valence electrons. The number of ether oxygens (including phenoxy) is 1. The summed E-state index contributed by atoms with van der Waals surface area (Å²) in [6.45, 7) is 6.89. The second-order valence-corrected chi connectivity index (χ2v) is 9.02. The highest BCUT2D eigenvalue weighted by atomic mass is 35.5. The molecule has 0 aromatic heterocycles. The molecule has 1 atom stereocenters. The summed E-state index contributed by atoms with van der Waals surface area (Å²) < 4.78 is 32.7. The number of hydrogen-bond donors (Lipinski definition) is 1. The molecule has 31 heavy (non-hydrogen) atoms. The van der Waals surface area contributed by atoms with Gasteiger partial charge in [0.2, 0.25) is 0 Å². The van der Waals surface area contributed by atoms with Crippen molar-refractivity contribution in [2.24, 2.45) is 0 Å². The SMILES string of the molecule is C=CCN(c1ccccc1)S(=O)(=O)c1ccc(Cl)c(C(=O)OCC(=O)NC(C)CC)c1. The van der Waals surface area contributed by atoms with E-state index in [4.69, 9.17) is 16.3 Å². The normalized spacial score (nSPS) is 12.0. The van der Waals surface area contributed by atoms with Gasteiger partial charge in [-0.3, -0.25) is 9.10 Å². The van der Waals surface area contributed by atoms with Crippen LogP contribution in [0.5, 0.6) is 0 Å². The Balaban J connectivity index is 2.29. The average molecular weight is 465 g/mol. The summed E-state index contributed by atoms with van der Waals surface area (Å²) in [6.07, 6.45) is 2.19. The second kappa shape index (κ2) is 11.0. The molecular formula is C22H25ClN2O5S. The van der Waals surface area contributed by atoms with Gasteiger partial charge in [0.05, 0.1) is 27.7 Å². The van der Waals surface area contributed by atoms with Crippen LogP contribution in [0.15, 0.2) is 66.1 Å². The Kier molecular flexibility index (Phi) is 8.65. The van der Waals surface area contributed by atoms with Crippen LogP contribution in [-0.4, -0.2) is 39.5 Å². The summed E-state index contributed by atoms with van der Waals surface area (Å²) in [4.78, 5) is 24.2. The van der Waals surface area contributed by atoms with E-state index in [2.05, 4.69) is 11.9 Å². The van der Waals surface area contributed by atoms with Crippen molar-refractivity contribution < 1.29 is 22.7 Å². The monoisotopic (exact) mass is 464 g/mol. The molecule has 2 aromatic rings. The van der Waals surface area contributed by atoms with Gasteiger partial charge in [-0.25, -0.2) is 13.2 Å². The van der Waals surface area contributed by atoms with E-state index < -0.39 is 28.5 Å². The molecule has 1 unspecified atom stereocenters. The first-order valence-electron chi connectivity index (χ1n) is 9.65. The number of anilines is 1. The zero-order chi connectivity index (χ0) is 23.0. The Labute approximate surface area is 187 Å². The fourth-order valence-corrected chi connectivity index (χ4v) is 4.29.